The number of amides is 2. The quantitative estimate of drug-likeness (QED) is 0.420. The average molecular weight is 375 g/mol. The Morgan fingerprint density at radius 1 is 1.16 bits per heavy atom. The van der Waals surface area contributed by atoms with Gasteiger partial charge in [0, 0.05) is 35.5 Å². The summed E-state index contributed by atoms with van der Waals surface area (Å²) < 4.78 is 0.888. The molecule has 1 saturated carbocycles. The zero-order valence-electron chi connectivity index (χ0n) is 10.8. The molecule has 0 aromatic heterocycles. The second-order valence-electron chi connectivity index (χ2n) is 5.24. The first kappa shape index (κ1) is 14.7. The van der Waals surface area contributed by atoms with Crippen molar-refractivity contribution in [1.82, 2.24) is 4.90 Å². The van der Waals surface area contributed by atoms with Gasteiger partial charge in [0.15, 0.2) is 0 Å². The molecule has 1 aliphatic carbocycles. The van der Waals surface area contributed by atoms with Crippen LogP contribution in [0.3, 0.4) is 0 Å². The van der Waals surface area contributed by atoms with Gasteiger partial charge in [0.2, 0.25) is 0 Å². The number of nitrogens with zero attached hydrogens (tertiary/aromatic N) is 1. The average Bonchev–Trinajstić information content (AvgIpc) is 2.72. The molecule has 0 saturated heterocycles. The van der Waals surface area contributed by atoms with Gasteiger partial charge >= 0.3 is 0 Å². The summed E-state index contributed by atoms with van der Waals surface area (Å²) in [6.45, 7) is 0.512. The summed E-state index contributed by atoms with van der Waals surface area (Å²) in [7, 11) is 0. The van der Waals surface area contributed by atoms with Crippen LogP contribution >= 0.6 is 22.6 Å². The summed E-state index contributed by atoms with van der Waals surface area (Å²) in [4.78, 5) is 36.1. The molecule has 2 rings (SSSR count). The highest BCUT2D eigenvalue weighted by Gasteiger charge is 2.30. The highest BCUT2D eigenvalue weighted by molar-refractivity contribution is 14.1. The van der Waals surface area contributed by atoms with Crippen LogP contribution in [-0.4, -0.2) is 33.5 Å². The fourth-order valence-electron chi connectivity index (χ4n) is 2.83. The third-order valence-electron chi connectivity index (χ3n) is 3.98. The van der Waals surface area contributed by atoms with E-state index in [2.05, 4.69) is 22.6 Å². The lowest BCUT2D eigenvalue weighted by Crippen LogP contribution is -2.36. The SMILES string of the molecule is O=C(CCI)C1CCC(CN2C(=O)C=CC2=O)CC1. The molecular formula is C14H18INO3. The van der Waals surface area contributed by atoms with Gasteiger partial charge in [0.25, 0.3) is 11.8 Å². The van der Waals surface area contributed by atoms with Crippen molar-refractivity contribution < 1.29 is 14.4 Å². The van der Waals surface area contributed by atoms with Crippen molar-refractivity contribution in [3.05, 3.63) is 12.2 Å². The van der Waals surface area contributed by atoms with Crippen LogP contribution in [0.25, 0.3) is 0 Å². The first-order valence-corrected chi connectivity index (χ1v) is 8.26. The summed E-state index contributed by atoms with van der Waals surface area (Å²) in [6, 6.07) is 0. The number of halogens is 1. The van der Waals surface area contributed by atoms with E-state index in [4.69, 9.17) is 0 Å². The minimum absolute atomic E-state index is 0.201. The summed E-state index contributed by atoms with van der Waals surface area (Å²) in [5.41, 5.74) is 0. The molecule has 2 aliphatic rings. The number of Topliss-reactive ketones (excluding diaryl/α,β-unsaturated/α-hetero) is 1. The highest BCUT2D eigenvalue weighted by atomic mass is 127. The van der Waals surface area contributed by atoms with Gasteiger partial charge in [-0.1, -0.05) is 22.6 Å². The molecule has 5 heteroatoms. The molecule has 1 heterocycles. The fourth-order valence-corrected chi connectivity index (χ4v) is 3.37. The second kappa shape index (κ2) is 6.63. The largest absolute Gasteiger partial charge is 0.299 e. The maximum absolute atomic E-state index is 11.8. The van der Waals surface area contributed by atoms with Gasteiger partial charge in [0.1, 0.15) is 5.78 Å². The summed E-state index contributed by atoms with van der Waals surface area (Å²) in [6.07, 6.45) is 7.02. The lowest BCUT2D eigenvalue weighted by atomic mass is 9.79. The zero-order valence-corrected chi connectivity index (χ0v) is 13.0. The molecule has 0 spiro atoms. The van der Waals surface area contributed by atoms with Crippen molar-refractivity contribution in [2.75, 3.05) is 11.0 Å². The Balaban J connectivity index is 1.79. The predicted octanol–water partition coefficient (Wildman–Crippen LogP) is 2.11. The first-order valence-electron chi connectivity index (χ1n) is 6.74. The predicted molar refractivity (Wildman–Crippen MR) is 79.8 cm³/mol. The van der Waals surface area contributed by atoms with Crippen LogP contribution < -0.4 is 0 Å². The van der Waals surface area contributed by atoms with Crippen molar-refractivity contribution in [2.45, 2.75) is 32.1 Å². The number of alkyl halides is 1. The Morgan fingerprint density at radius 2 is 1.74 bits per heavy atom. The van der Waals surface area contributed by atoms with Gasteiger partial charge in [0.05, 0.1) is 0 Å². The summed E-state index contributed by atoms with van der Waals surface area (Å²) >= 11 is 2.23. The third kappa shape index (κ3) is 3.64. The van der Waals surface area contributed by atoms with E-state index in [1.165, 1.54) is 17.1 Å². The summed E-state index contributed by atoms with van der Waals surface area (Å²) in [5, 5.41) is 0. The van der Waals surface area contributed by atoms with Crippen LogP contribution in [0.4, 0.5) is 0 Å². The normalized spacial score (nSPS) is 27.1. The highest BCUT2D eigenvalue weighted by Crippen LogP contribution is 2.31. The maximum atomic E-state index is 11.8. The molecule has 0 bridgehead atoms. The van der Waals surface area contributed by atoms with E-state index >= 15 is 0 Å². The number of imide groups is 1. The topological polar surface area (TPSA) is 54.5 Å². The minimum Gasteiger partial charge on any atom is -0.299 e. The van der Waals surface area contributed by atoms with E-state index in [0.29, 0.717) is 24.7 Å². The van der Waals surface area contributed by atoms with Gasteiger partial charge in [-0.05, 0) is 31.6 Å². The van der Waals surface area contributed by atoms with Gasteiger partial charge in [-0.2, -0.15) is 0 Å². The van der Waals surface area contributed by atoms with Gasteiger partial charge < -0.3 is 0 Å². The standard InChI is InChI=1S/C14H18INO3/c15-8-7-12(17)11-3-1-10(2-4-11)9-16-13(18)5-6-14(16)19/h5-6,10-11H,1-4,7-9H2. The fraction of sp³-hybridized carbons (Fsp3) is 0.643. The Kier molecular flexibility index (Phi) is 5.13. The molecular weight excluding hydrogens is 357 g/mol. The lowest BCUT2D eigenvalue weighted by molar-refractivity contribution is -0.138. The Morgan fingerprint density at radius 3 is 2.26 bits per heavy atom. The van der Waals surface area contributed by atoms with Crippen LogP contribution in [0.15, 0.2) is 12.2 Å². The van der Waals surface area contributed by atoms with E-state index in [1.807, 2.05) is 0 Å². The van der Waals surface area contributed by atoms with E-state index in [0.717, 1.165) is 30.1 Å². The number of rotatable bonds is 5. The number of hydrogen-bond acceptors (Lipinski definition) is 3. The number of ketones is 1. The molecule has 104 valence electrons. The molecule has 1 fully saturated rings. The van der Waals surface area contributed by atoms with Crippen LogP contribution in [-0.2, 0) is 14.4 Å². The molecule has 0 aromatic rings. The Labute approximate surface area is 126 Å². The van der Waals surface area contributed by atoms with Gasteiger partial charge in [-0.15, -0.1) is 0 Å². The van der Waals surface area contributed by atoms with Gasteiger partial charge in [-0.25, -0.2) is 0 Å². The van der Waals surface area contributed by atoms with E-state index < -0.39 is 0 Å². The van der Waals surface area contributed by atoms with Crippen molar-refractivity contribution in [2.24, 2.45) is 11.8 Å². The smallest absolute Gasteiger partial charge is 0.253 e. The van der Waals surface area contributed by atoms with Crippen molar-refractivity contribution in [1.29, 1.82) is 0 Å². The molecule has 0 N–H and O–H groups in total. The van der Waals surface area contributed by atoms with E-state index in [-0.39, 0.29) is 17.7 Å². The van der Waals surface area contributed by atoms with Crippen molar-refractivity contribution in [3.8, 4) is 0 Å². The number of carbonyl (C=O) groups excluding carboxylic acids is 3. The van der Waals surface area contributed by atoms with Crippen LogP contribution in [0, 0.1) is 11.8 Å². The molecule has 19 heavy (non-hydrogen) atoms. The molecule has 1 aliphatic heterocycles. The van der Waals surface area contributed by atoms with E-state index in [9.17, 15) is 14.4 Å². The number of carbonyl (C=O) groups is 3. The van der Waals surface area contributed by atoms with Crippen LogP contribution in [0.2, 0.25) is 0 Å². The Bertz CT molecular complexity index is 393. The molecule has 2 amide bonds. The third-order valence-corrected chi connectivity index (χ3v) is 4.52. The molecule has 0 atom stereocenters. The monoisotopic (exact) mass is 375 g/mol. The second-order valence-corrected chi connectivity index (χ2v) is 6.32. The first-order chi connectivity index (χ1) is 9.11. The maximum Gasteiger partial charge on any atom is 0.253 e. The molecule has 0 radical (unpaired) electrons. The van der Waals surface area contributed by atoms with Crippen molar-refractivity contribution >= 4 is 40.2 Å². The van der Waals surface area contributed by atoms with Gasteiger partial charge in [-0.3, -0.25) is 19.3 Å². The molecule has 4 nitrogen and oxygen atoms in total. The van der Waals surface area contributed by atoms with Crippen LogP contribution in [0.1, 0.15) is 32.1 Å². The Hall–Kier alpha value is -0.720. The minimum atomic E-state index is -0.201. The molecule has 0 unspecified atom stereocenters. The summed E-state index contributed by atoms with van der Waals surface area (Å²) in [5.74, 6) is 0.537. The van der Waals surface area contributed by atoms with Crippen molar-refractivity contribution in [3.63, 3.8) is 0 Å². The van der Waals surface area contributed by atoms with E-state index in [1.54, 1.807) is 0 Å². The molecule has 0 aromatic carbocycles. The van der Waals surface area contributed by atoms with Crippen LogP contribution in [0.5, 0.6) is 0 Å². The number of hydrogen-bond donors (Lipinski definition) is 0. The zero-order chi connectivity index (χ0) is 13.8. The lowest BCUT2D eigenvalue weighted by Gasteiger charge is -2.29.